The van der Waals surface area contributed by atoms with Gasteiger partial charge in [-0.3, -0.25) is 9.69 Å². The number of phenols is 2. The lowest BCUT2D eigenvalue weighted by atomic mass is 9.88. The fourth-order valence-electron chi connectivity index (χ4n) is 5.16. The predicted octanol–water partition coefficient (Wildman–Crippen LogP) is 5.23. The Bertz CT molecular complexity index is 1440. The highest BCUT2D eigenvalue weighted by molar-refractivity contribution is 6.03. The van der Waals surface area contributed by atoms with Crippen molar-refractivity contribution in [1.29, 1.82) is 0 Å². The summed E-state index contributed by atoms with van der Waals surface area (Å²) in [7, 11) is 0. The second-order valence-electron chi connectivity index (χ2n) is 9.54. The number of carbonyl (C=O) groups excluding carboxylic acids is 1. The van der Waals surface area contributed by atoms with Crippen LogP contribution in [0.15, 0.2) is 65.2 Å². The van der Waals surface area contributed by atoms with Crippen LogP contribution in [0.5, 0.6) is 11.5 Å². The lowest BCUT2D eigenvalue weighted by molar-refractivity contribution is 0.0342. The minimum atomic E-state index is -0.362. The van der Waals surface area contributed by atoms with E-state index in [1.807, 2.05) is 68.4 Å². The number of nitrogens with one attached hydrogen (secondary N) is 1. The van der Waals surface area contributed by atoms with Crippen LogP contribution in [0.4, 0.5) is 0 Å². The maximum atomic E-state index is 13.0. The lowest BCUT2D eigenvalue weighted by Crippen LogP contribution is -2.35. The Hall–Kier alpha value is -4.14. The number of hydrogen-bond donors (Lipinski definition) is 3. The normalized spacial score (nSPS) is 13.9. The van der Waals surface area contributed by atoms with Crippen LogP contribution in [0.2, 0.25) is 0 Å². The maximum Gasteiger partial charge on any atom is 0.274 e. The van der Waals surface area contributed by atoms with E-state index in [2.05, 4.69) is 15.4 Å². The molecule has 202 valence electrons. The number of aromatic nitrogens is 1. The van der Waals surface area contributed by atoms with E-state index in [4.69, 9.17) is 9.26 Å². The highest BCUT2D eigenvalue weighted by atomic mass is 16.5. The molecule has 1 aromatic heterocycles. The third-order valence-electron chi connectivity index (χ3n) is 7.03. The van der Waals surface area contributed by atoms with Crippen molar-refractivity contribution in [3.63, 3.8) is 0 Å². The first-order valence-electron chi connectivity index (χ1n) is 13.3. The van der Waals surface area contributed by atoms with Gasteiger partial charge in [-0.1, -0.05) is 66.7 Å². The Balaban J connectivity index is 1.64. The summed E-state index contributed by atoms with van der Waals surface area (Å²) in [6.07, 6.45) is 0.497. The van der Waals surface area contributed by atoms with Gasteiger partial charge in [0.2, 0.25) is 0 Å². The van der Waals surface area contributed by atoms with Gasteiger partial charge >= 0.3 is 0 Å². The minimum absolute atomic E-state index is 0.0308. The monoisotopic (exact) mass is 527 g/mol. The average Bonchev–Trinajstić information content (AvgIpc) is 3.39. The molecular weight excluding hydrogens is 494 g/mol. The van der Waals surface area contributed by atoms with Gasteiger partial charge in [0.1, 0.15) is 11.5 Å². The van der Waals surface area contributed by atoms with E-state index in [9.17, 15) is 15.0 Å². The summed E-state index contributed by atoms with van der Waals surface area (Å²) < 4.78 is 11.3. The summed E-state index contributed by atoms with van der Waals surface area (Å²) in [6, 6.07) is 18.8. The summed E-state index contributed by atoms with van der Waals surface area (Å²) >= 11 is 0. The third kappa shape index (κ3) is 5.39. The number of hydrogen-bond acceptors (Lipinski definition) is 7. The van der Waals surface area contributed by atoms with Gasteiger partial charge in [0.05, 0.1) is 24.3 Å². The summed E-state index contributed by atoms with van der Waals surface area (Å²) in [6.45, 7) is 8.28. The Morgan fingerprint density at radius 2 is 1.59 bits per heavy atom. The summed E-state index contributed by atoms with van der Waals surface area (Å²) in [4.78, 5) is 15.4. The van der Waals surface area contributed by atoms with Gasteiger partial charge in [-0.15, -0.1) is 0 Å². The number of rotatable bonds is 8. The van der Waals surface area contributed by atoms with Gasteiger partial charge in [-0.25, -0.2) is 0 Å². The van der Waals surface area contributed by atoms with Crippen LogP contribution in [0.1, 0.15) is 35.5 Å². The molecule has 3 aromatic carbocycles. The molecule has 0 saturated carbocycles. The Morgan fingerprint density at radius 1 is 0.923 bits per heavy atom. The number of aromatic hydroxyl groups is 2. The van der Waals surface area contributed by atoms with E-state index >= 15 is 0 Å². The maximum absolute atomic E-state index is 13.0. The van der Waals surface area contributed by atoms with Crippen molar-refractivity contribution >= 4 is 5.91 Å². The lowest BCUT2D eigenvalue weighted by Gasteiger charge is -2.26. The molecule has 1 saturated heterocycles. The molecule has 1 aliphatic rings. The van der Waals surface area contributed by atoms with Gasteiger partial charge in [0.25, 0.3) is 5.91 Å². The topological polar surface area (TPSA) is 108 Å². The first-order chi connectivity index (χ1) is 19.0. The van der Waals surface area contributed by atoms with E-state index < -0.39 is 0 Å². The molecule has 8 heteroatoms. The van der Waals surface area contributed by atoms with Crippen LogP contribution in [-0.2, 0) is 17.7 Å². The van der Waals surface area contributed by atoms with E-state index in [0.717, 1.165) is 49.5 Å². The molecule has 0 spiro atoms. The standard InChI is InChI=1S/C31H33N3O5/c1-3-23-26(21-8-6-5-7-9-21)24(35)18-25(36)28(23)30-27(29(33-39-30)31(37)32-4-2)22-12-10-20(11-13-22)19-34-14-16-38-17-15-34/h5-13,18,35-36H,3-4,14-17,19H2,1-2H3,(H,32,37). The number of ether oxygens (including phenoxy) is 1. The molecule has 1 aliphatic heterocycles. The second kappa shape index (κ2) is 11.7. The molecule has 0 aliphatic carbocycles. The Kier molecular flexibility index (Phi) is 7.95. The van der Waals surface area contributed by atoms with Crippen LogP contribution in [-0.4, -0.2) is 59.0 Å². The van der Waals surface area contributed by atoms with Crippen LogP contribution in [0.3, 0.4) is 0 Å². The number of phenolic OH excluding ortho intramolecular Hbond substituents is 2. The molecular formula is C31H33N3O5. The van der Waals surface area contributed by atoms with Gasteiger partial charge < -0.3 is 24.8 Å². The highest BCUT2D eigenvalue weighted by Gasteiger charge is 2.29. The van der Waals surface area contributed by atoms with Crippen LogP contribution in [0, 0.1) is 0 Å². The highest BCUT2D eigenvalue weighted by Crippen LogP contribution is 2.47. The molecule has 5 rings (SSSR count). The first-order valence-corrected chi connectivity index (χ1v) is 13.3. The molecule has 1 fully saturated rings. The van der Waals surface area contributed by atoms with E-state index in [-0.39, 0.29) is 28.9 Å². The Labute approximate surface area is 227 Å². The van der Waals surface area contributed by atoms with Crippen molar-refractivity contribution in [2.24, 2.45) is 0 Å². The molecule has 0 bridgehead atoms. The van der Waals surface area contributed by atoms with Crippen molar-refractivity contribution in [1.82, 2.24) is 15.4 Å². The number of carbonyl (C=O) groups is 1. The van der Waals surface area contributed by atoms with Crippen LogP contribution >= 0.6 is 0 Å². The summed E-state index contributed by atoms with van der Waals surface area (Å²) in [5.74, 6) is -0.257. The SMILES string of the molecule is CCNC(=O)c1noc(-c2c(O)cc(O)c(-c3ccccc3)c2CC)c1-c1ccc(CN2CCOCC2)cc1. The zero-order valence-electron chi connectivity index (χ0n) is 22.2. The van der Waals surface area contributed by atoms with Crippen molar-refractivity contribution in [3.8, 4) is 45.1 Å². The second-order valence-corrected chi connectivity index (χ2v) is 9.54. The number of benzene rings is 3. The third-order valence-corrected chi connectivity index (χ3v) is 7.03. The molecule has 2 heterocycles. The van der Waals surface area contributed by atoms with E-state index in [0.29, 0.717) is 35.2 Å². The fraction of sp³-hybridized carbons (Fsp3) is 0.290. The molecule has 1 amide bonds. The van der Waals surface area contributed by atoms with Crippen LogP contribution < -0.4 is 5.32 Å². The fourth-order valence-corrected chi connectivity index (χ4v) is 5.16. The molecule has 8 nitrogen and oxygen atoms in total. The molecule has 0 radical (unpaired) electrons. The number of nitrogens with zero attached hydrogens (tertiary/aromatic N) is 2. The van der Waals surface area contributed by atoms with Crippen LogP contribution in [0.25, 0.3) is 33.6 Å². The quantitative estimate of drug-likeness (QED) is 0.288. The zero-order chi connectivity index (χ0) is 27.4. The summed E-state index contributed by atoms with van der Waals surface area (Å²) in [5.41, 5.74) is 5.05. The summed E-state index contributed by atoms with van der Waals surface area (Å²) in [5, 5.41) is 28.9. The van der Waals surface area contributed by atoms with Gasteiger partial charge in [0.15, 0.2) is 11.5 Å². The largest absolute Gasteiger partial charge is 0.507 e. The number of morpholine rings is 1. The van der Waals surface area contributed by atoms with Crippen molar-refractivity contribution in [3.05, 3.63) is 77.5 Å². The predicted molar refractivity (Wildman–Crippen MR) is 150 cm³/mol. The molecule has 0 unspecified atom stereocenters. The van der Waals surface area contributed by atoms with Gasteiger partial charge in [-0.2, -0.15) is 0 Å². The smallest absolute Gasteiger partial charge is 0.274 e. The zero-order valence-corrected chi connectivity index (χ0v) is 22.2. The number of amides is 1. The molecule has 39 heavy (non-hydrogen) atoms. The molecule has 4 aromatic rings. The average molecular weight is 528 g/mol. The Morgan fingerprint density at radius 3 is 2.26 bits per heavy atom. The van der Waals surface area contributed by atoms with Gasteiger partial charge in [-0.05, 0) is 35.6 Å². The minimum Gasteiger partial charge on any atom is -0.507 e. The van der Waals surface area contributed by atoms with E-state index in [1.54, 1.807) is 0 Å². The first kappa shape index (κ1) is 26.5. The van der Waals surface area contributed by atoms with Crippen molar-refractivity contribution in [2.45, 2.75) is 26.8 Å². The van der Waals surface area contributed by atoms with E-state index in [1.165, 1.54) is 6.07 Å². The molecule has 3 N–H and O–H groups in total. The van der Waals surface area contributed by atoms with Crippen molar-refractivity contribution in [2.75, 3.05) is 32.8 Å². The molecule has 0 atom stereocenters. The van der Waals surface area contributed by atoms with Crippen molar-refractivity contribution < 1.29 is 24.3 Å². The van der Waals surface area contributed by atoms with Gasteiger partial charge in [0, 0.05) is 37.8 Å².